The van der Waals surface area contributed by atoms with Gasteiger partial charge in [-0.05, 0) is 43.2 Å². The van der Waals surface area contributed by atoms with Crippen molar-refractivity contribution in [3.8, 4) is 0 Å². The minimum Gasteiger partial charge on any atom is -0.442 e. The third-order valence-corrected chi connectivity index (χ3v) is 7.42. The highest BCUT2D eigenvalue weighted by Gasteiger charge is 2.33. The van der Waals surface area contributed by atoms with Gasteiger partial charge in [-0.15, -0.1) is 0 Å². The number of pyridine rings is 1. The van der Waals surface area contributed by atoms with Crippen molar-refractivity contribution in [2.45, 2.75) is 38.2 Å². The van der Waals surface area contributed by atoms with Gasteiger partial charge in [-0.25, -0.2) is 9.78 Å². The normalized spacial score (nSPS) is 20.6. The summed E-state index contributed by atoms with van der Waals surface area (Å²) in [5.41, 5.74) is 1.78. The molecule has 0 bridgehead atoms. The van der Waals surface area contributed by atoms with Crippen LogP contribution in [0, 0.1) is 16.0 Å². The first kappa shape index (κ1) is 24.8. The number of amides is 2. The lowest BCUT2D eigenvalue weighted by Gasteiger charge is -2.36. The Morgan fingerprint density at radius 1 is 1.03 bits per heavy atom. The monoisotopic (exact) mass is 508 g/mol. The van der Waals surface area contributed by atoms with E-state index in [2.05, 4.69) is 15.2 Å². The van der Waals surface area contributed by atoms with Gasteiger partial charge in [0.2, 0.25) is 11.7 Å². The summed E-state index contributed by atoms with van der Waals surface area (Å²) in [5, 5.41) is 14.3. The number of aromatic nitrogens is 1. The highest BCUT2D eigenvalue weighted by Crippen LogP contribution is 2.29. The molecule has 3 aliphatic rings. The minimum absolute atomic E-state index is 0.0182. The topological polar surface area (TPSA) is 121 Å². The standard InChI is InChI=1S/C26H32N6O5/c33-25(19-5-2-1-3-6-19)28-17-22-18-31(26(34)37-22)21-10-8-20(9-11-21)29-13-15-30(16-14-29)24-23(32(35)36)7-4-12-27-24/h4,7-12,19,22H,1-3,5-6,13-18H2,(H,28,33)/t22-/m0/s1. The Bertz CT molecular complexity index is 1130. The maximum atomic E-state index is 12.5. The van der Waals surface area contributed by atoms with Crippen LogP contribution in [0.3, 0.4) is 0 Å². The molecule has 0 unspecified atom stereocenters. The van der Waals surface area contributed by atoms with Crippen LogP contribution < -0.4 is 20.0 Å². The maximum Gasteiger partial charge on any atom is 0.414 e. The molecule has 1 atom stereocenters. The molecule has 1 aromatic heterocycles. The second-order valence-corrected chi connectivity index (χ2v) is 9.79. The number of piperazine rings is 1. The molecule has 1 aliphatic carbocycles. The molecule has 11 nitrogen and oxygen atoms in total. The van der Waals surface area contributed by atoms with Crippen molar-refractivity contribution >= 4 is 34.9 Å². The SMILES string of the molecule is O=C(NC[C@H]1CN(c2ccc(N3CCN(c4ncccc4[N+](=O)[O-])CC3)cc2)C(=O)O1)C1CCCCC1. The molecule has 37 heavy (non-hydrogen) atoms. The lowest BCUT2D eigenvalue weighted by atomic mass is 9.88. The second-order valence-electron chi connectivity index (χ2n) is 9.79. The molecule has 1 aromatic carbocycles. The molecule has 2 saturated heterocycles. The summed E-state index contributed by atoms with van der Waals surface area (Å²) in [6, 6.07) is 10.8. The molecule has 196 valence electrons. The van der Waals surface area contributed by atoms with E-state index in [1.54, 1.807) is 17.2 Å². The van der Waals surface area contributed by atoms with Gasteiger partial charge in [0.25, 0.3) is 0 Å². The molecule has 1 saturated carbocycles. The first-order valence-corrected chi connectivity index (χ1v) is 12.9. The van der Waals surface area contributed by atoms with E-state index >= 15 is 0 Å². The lowest BCUT2D eigenvalue weighted by molar-refractivity contribution is -0.384. The third-order valence-electron chi connectivity index (χ3n) is 7.42. The number of cyclic esters (lactones) is 1. The Balaban J connectivity index is 1.13. The van der Waals surface area contributed by atoms with E-state index in [0.717, 1.165) is 37.1 Å². The number of rotatable bonds is 7. The molecule has 1 N–H and O–H groups in total. The van der Waals surface area contributed by atoms with Crippen molar-refractivity contribution in [3.63, 3.8) is 0 Å². The fourth-order valence-corrected chi connectivity index (χ4v) is 5.36. The zero-order valence-electron chi connectivity index (χ0n) is 20.8. The Labute approximate surface area is 215 Å². The van der Waals surface area contributed by atoms with Gasteiger partial charge in [-0.1, -0.05) is 19.3 Å². The number of carbonyl (C=O) groups excluding carboxylic acids is 2. The van der Waals surface area contributed by atoms with Crippen LogP contribution in [-0.4, -0.2) is 67.3 Å². The Morgan fingerprint density at radius 3 is 2.41 bits per heavy atom. The number of carbonyl (C=O) groups is 2. The predicted molar refractivity (Wildman–Crippen MR) is 139 cm³/mol. The molecule has 2 aliphatic heterocycles. The number of benzene rings is 1. The summed E-state index contributed by atoms with van der Waals surface area (Å²) in [6.45, 7) is 3.35. The molecular formula is C26H32N6O5. The maximum absolute atomic E-state index is 12.5. The molecule has 0 spiro atoms. The summed E-state index contributed by atoms with van der Waals surface area (Å²) < 4.78 is 5.50. The highest BCUT2D eigenvalue weighted by molar-refractivity contribution is 5.90. The summed E-state index contributed by atoms with van der Waals surface area (Å²) in [4.78, 5) is 45.8. The summed E-state index contributed by atoms with van der Waals surface area (Å²) in [6.07, 6.45) is 6.07. The van der Waals surface area contributed by atoms with Crippen molar-refractivity contribution in [1.82, 2.24) is 10.3 Å². The van der Waals surface area contributed by atoms with Crippen molar-refractivity contribution in [1.29, 1.82) is 0 Å². The molecule has 11 heteroatoms. The molecule has 0 radical (unpaired) electrons. The van der Waals surface area contributed by atoms with E-state index in [4.69, 9.17) is 4.74 Å². The smallest absolute Gasteiger partial charge is 0.414 e. The predicted octanol–water partition coefficient (Wildman–Crippen LogP) is 3.34. The van der Waals surface area contributed by atoms with Gasteiger partial charge in [0.15, 0.2) is 0 Å². The van der Waals surface area contributed by atoms with Crippen LogP contribution in [0.1, 0.15) is 32.1 Å². The van der Waals surface area contributed by atoms with Crippen molar-refractivity contribution in [2.24, 2.45) is 5.92 Å². The van der Waals surface area contributed by atoms with Crippen molar-refractivity contribution in [2.75, 3.05) is 54.0 Å². The van der Waals surface area contributed by atoms with Crippen molar-refractivity contribution < 1.29 is 19.2 Å². The van der Waals surface area contributed by atoms with Gasteiger partial charge in [-0.3, -0.25) is 19.8 Å². The molecule has 2 amide bonds. The average Bonchev–Trinajstić information content (AvgIpc) is 3.32. The van der Waals surface area contributed by atoms with Crippen LogP contribution in [0.25, 0.3) is 0 Å². The van der Waals surface area contributed by atoms with E-state index in [1.807, 2.05) is 29.2 Å². The quantitative estimate of drug-likeness (QED) is 0.447. The van der Waals surface area contributed by atoms with E-state index in [1.165, 1.54) is 12.5 Å². The van der Waals surface area contributed by atoms with Crippen LogP contribution in [0.15, 0.2) is 42.6 Å². The Morgan fingerprint density at radius 2 is 1.70 bits per heavy atom. The first-order chi connectivity index (χ1) is 18.0. The number of nitro groups is 1. The molecule has 5 rings (SSSR count). The number of nitrogens with one attached hydrogen (secondary N) is 1. The fraction of sp³-hybridized carbons (Fsp3) is 0.500. The zero-order valence-corrected chi connectivity index (χ0v) is 20.8. The fourth-order valence-electron chi connectivity index (χ4n) is 5.36. The molecular weight excluding hydrogens is 476 g/mol. The van der Waals surface area contributed by atoms with E-state index in [0.29, 0.717) is 45.1 Å². The summed E-state index contributed by atoms with van der Waals surface area (Å²) >= 11 is 0. The van der Waals surface area contributed by atoms with Gasteiger partial charge in [0.1, 0.15) is 6.10 Å². The molecule has 3 fully saturated rings. The number of nitrogens with zero attached hydrogens (tertiary/aromatic N) is 5. The van der Waals surface area contributed by atoms with E-state index < -0.39 is 11.0 Å². The number of hydrogen-bond acceptors (Lipinski definition) is 8. The Hall–Kier alpha value is -3.89. The largest absolute Gasteiger partial charge is 0.442 e. The minimum atomic E-state index is -0.407. The van der Waals surface area contributed by atoms with Crippen molar-refractivity contribution in [3.05, 3.63) is 52.7 Å². The average molecular weight is 509 g/mol. The number of hydrogen-bond donors (Lipinski definition) is 1. The van der Waals surface area contributed by atoms with Crippen LogP contribution >= 0.6 is 0 Å². The molecule has 3 heterocycles. The van der Waals surface area contributed by atoms with Gasteiger partial charge in [0, 0.05) is 55.7 Å². The van der Waals surface area contributed by atoms with Crippen LogP contribution in [0.2, 0.25) is 0 Å². The molecule has 2 aromatic rings. The summed E-state index contributed by atoms with van der Waals surface area (Å²) in [7, 11) is 0. The summed E-state index contributed by atoms with van der Waals surface area (Å²) in [5.74, 6) is 0.547. The third kappa shape index (κ3) is 5.60. The van der Waals surface area contributed by atoms with Gasteiger partial charge >= 0.3 is 11.8 Å². The zero-order chi connectivity index (χ0) is 25.8. The Kier molecular flexibility index (Phi) is 7.38. The van der Waals surface area contributed by atoms with E-state index in [-0.39, 0.29) is 23.6 Å². The second kappa shape index (κ2) is 11.0. The van der Waals surface area contributed by atoms with Gasteiger partial charge in [0.05, 0.1) is 18.0 Å². The van der Waals surface area contributed by atoms with Crippen LogP contribution in [0.4, 0.5) is 27.7 Å². The van der Waals surface area contributed by atoms with E-state index in [9.17, 15) is 19.7 Å². The number of anilines is 3. The van der Waals surface area contributed by atoms with Gasteiger partial charge in [-0.2, -0.15) is 0 Å². The van der Waals surface area contributed by atoms with Gasteiger partial charge < -0.3 is 19.9 Å². The first-order valence-electron chi connectivity index (χ1n) is 12.9. The highest BCUT2D eigenvalue weighted by atomic mass is 16.6. The lowest BCUT2D eigenvalue weighted by Crippen LogP contribution is -2.47. The van der Waals surface area contributed by atoms with Crippen LogP contribution in [-0.2, 0) is 9.53 Å². The number of ether oxygens (including phenoxy) is 1. The van der Waals surface area contributed by atoms with Crippen LogP contribution in [0.5, 0.6) is 0 Å².